The highest BCUT2D eigenvalue weighted by Gasteiger charge is 2.38. The van der Waals surface area contributed by atoms with Crippen LogP contribution in [0.25, 0.3) is 0 Å². The van der Waals surface area contributed by atoms with Gasteiger partial charge in [-0.25, -0.2) is 0 Å². The zero-order valence-electron chi connectivity index (χ0n) is 17.6. The maximum Gasteiger partial charge on any atom is 0.255 e. The second-order valence-electron chi connectivity index (χ2n) is 7.86. The van der Waals surface area contributed by atoms with E-state index in [0.717, 1.165) is 49.0 Å². The highest BCUT2D eigenvalue weighted by Crippen LogP contribution is 2.32. The molecule has 6 heteroatoms. The summed E-state index contributed by atoms with van der Waals surface area (Å²) < 4.78 is 0. The van der Waals surface area contributed by atoms with Gasteiger partial charge in [-0.3, -0.25) is 9.59 Å². The molecule has 156 valence electrons. The molecular weight excluding hydrogens is 376 g/mol. The molecule has 0 heterocycles. The first-order chi connectivity index (χ1) is 14.4. The van der Waals surface area contributed by atoms with Crippen molar-refractivity contribution >= 4 is 23.2 Å². The van der Waals surface area contributed by atoms with Crippen LogP contribution in [0.4, 0.5) is 11.4 Å². The molecule has 0 radical (unpaired) electrons. The van der Waals surface area contributed by atoms with Gasteiger partial charge in [0.05, 0.1) is 12.6 Å². The molecular formula is C24H28N4O2. The number of hydrogen-bond acceptors (Lipinski definition) is 4. The fraction of sp³-hybridized carbons (Fsp3) is 0.375. The third kappa shape index (κ3) is 4.80. The third-order valence-corrected chi connectivity index (χ3v) is 5.87. The van der Waals surface area contributed by atoms with E-state index in [0.29, 0.717) is 5.56 Å². The summed E-state index contributed by atoms with van der Waals surface area (Å²) in [5.41, 5.74) is 2.20. The minimum absolute atomic E-state index is 0.0739. The predicted octanol–water partition coefficient (Wildman–Crippen LogP) is 4.34. The zero-order valence-corrected chi connectivity index (χ0v) is 17.6. The molecule has 1 fully saturated rings. The minimum atomic E-state index is -0.705. The van der Waals surface area contributed by atoms with Gasteiger partial charge in [-0.05, 0) is 49.6 Å². The Morgan fingerprint density at radius 1 is 1.10 bits per heavy atom. The van der Waals surface area contributed by atoms with Crippen LogP contribution in [0.1, 0.15) is 48.0 Å². The summed E-state index contributed by atoms with van der Waals surface area (Å²) in [5.74, 6) is -0.338. The molecule has 2 aromatic carbocycles. The quantitative estimate of drug-likeness (QED) is 0.750. The molecule has 2 amide bonds. The van der Waals surface area contributed by atoms with Crippen molar-refractivity contribution in [3.8, 4) is 6.07 Å². The van der Waals surface area contributed by atoms with Crippen LogP contribution >= 0.6 is 0 Å². The number of nitrogens with one attached hydrogen (secondary N) is 2. The molecule has 30 heavy (non-hydrogen) atoms. The molecule has 0 saturated heterocycles. The zero-order chi connectivity index (χ0) is 21.6. The van der Waals surface area contributed by atoms with E-state index >= 15 is 0 Å². The number of likely N-dealkylation sites (N-methyl/N-ethyl adjacent to an activating group) is 1. The van der Waals surface area contributed by atoms with E-state index in [-0.39, 0.29) is 18.4 Å². The smallest absolute Gasteiger partial charge is 0.255 e. The van der Waals surface area contributed by atoms with Crippen LogP contribution in [0.15, 0.2) is 48.5 Å². The Kier molecular flexibility index (Phi) is 6.73. The maximum atomic E-state index is 12.8. The standard InChI is InChI=1S/C24H28N4O2/c1-18-11-12-19(23(30)27-20-9-5-3-6-10-20)15-21(18)26-16-22(29)28(2)24(17-25)13-7-4-8-14-24/h3,5-6,9-12,15,26H,4,7-8,13-14,16H2,1-2H3,(H,27,30). The van der Waals surface area contributed by atoms with Gasteiger partial charge in [0.2, 0.25) is 5.91 Å². The topological polar surface area (TPSA) is 85.2 Å². The number of para-hydroxylation sites is 1. The molecule has 0 bridgehead atoms. The van der Waals surface area contributed by atoms with Gasteiger partial charge < -0.3 is 15.5 Å². The summed E-state index contributed by atoms with van der Waals surface area (Å²) in [4.78, 5) is 26.9. The summed E-state index contributed by atoms with van der Waals surface area (Å²) in [6, 6.07) is 17.0. The van der Waals surface area contributed by atoms with Crippen LogP contribution in [0.3, 0.4) is 0 Å². The summed E-state index contributed by atoms with van der Waals surface area (Å²) in [5, 5.41) is 15.7. The van der Waals surface area contributed by atoms with Gasteiger partial charge in [0.15, 0.2) is 0 Å². The molecule has 2 aromatic rings. The van der Waals surface area contributed by atoms with Gasteiger partial charge in [-0.1, -0.05) is 43.5 Å². The largest absolute Gasteiger partial charge is 0.376 e. The lowest BCUT2D eigenvalue weighted by atomic mass is 9.81. The van der Waals surface area contributed by atoms with E-state index in [1.165, 1.54) is 0 Å². The summed E-state index contributed by atoms with van der Waals surface area (Å²) >= 11 is 0. The molecule has 1 saturated carbocycles. The number of hydrogen-bond donors (Lipinski definition) is 2. The number of carbonyl (C=O) groups excluding carboxylic acids is 2. The SMILES string of the molecule is Cc1ccc(C(=O)Nc2ccccc2)cc1NCC(=O)N(C)C1(C#N)CCCCC1. The third-order valence-electron chi connectivity index (χ3n) is 5.87. The lowest BCUT2D eigenvalue weighted by Crippen LogP contribution is -2.51. The second-order valence-corrected chi connectivity index (χ2v) is 7.86. The molecule has 0 aromatic heterocycles. The van der Waals surface area contributed by atoms with Crippen LogP contribution in [-0.2, 0) is 4.79 Å². The molecule has 0 unspecified atom stereocenters. The summed E-state index contributed by atoms with van der Waals surface area (Å²) in [6.07, 6.45) is 4.49. The fourth-order valence-corrected chi connectivity index (χ4v) is 3.87. The average Bonchev–Trinajstić information content (AvgIpc) is 2.78. The van der Waals surface area contributed by atoms with Crippen molar-refractivity contribution in [1.29, 1.82) is 5.26 Å². The first-order valence-electron chi connectivity index (χ1n) is 10.3. The van der Waals surface area contributed by atoms with Crippen LogP contribution in [-0.4, -0.2) is 35.8 Å². The first kappa shape index (κ1) is 21.4. The van der Waals surface area contributed by atoms with Gasteiger partial charge >= 0.3 is 0 Å². The molecule has 1 aliphatic rings. The Morgan fingerprint density at radius 2 is 1.80 bits per heavy atom. The summed E-state index contributed by atoms with van der Waals surface area (Å²) in [6.45, 7) is 2.00. The lowest BCUT2D eigenvalue weighted by Gasteiger charge is -2.39. The van der Waals surface area contributed by atoms with Crippen molar-refractivity contribution in [3.63, 3.8) is 0 Å². The molecule has 1 aliphatic carbocycles. The van der Waals surface area contributed by atoms with Crippen LogP contribution < -0.4 is 10.6 Å². The van der Waals surface area contributed by atoms with E-state index in [9.17, 15) is 14.9 Å². The highest BCUT2D eigenvalue weighted by atomic mass is 16.2. The molecule has 2 N–H and O–H groups in total. The van der Waals surface area contributed by atoms with Crippen molar-refractivity contribution in [1.82, 2.24) is 4.90 Å². The van der Waals surface area contributed by atoms with Gasteiger partial charge in [-0.15, -0.1) is 0 Å². The molecule has 0 atom stereocenters. The van der Waals surface area contributed by atoms with Crippen molar-refractivity contribution in [2.45, 2.75) is 44.6 Å². The molecule has 0 spiro atoms. The molecule has 3 rings (SSSR count). The van der Waals surface area contributed by atoms with Crippen LogP contribution in [0.5, 0.6) is 0 Å². The van der Waals surface area contributed by atoms with E-state index in [1.54, 1.807) is 24.1 Å². The van der Waals surface area contributed by atoms with E-state index < -0.39 is 5.54 Å². The average molecular weight is 405 g/mol. The number of rotatable bonds is 6. The van der Waals surface area contributed by atoms with Crippen LogP contribution in [0.2, 0.25) is 0 Å². The van der Waals surface area contributed by atoms with Gasteiger partial charge in [0, 0.05) is 24.0 Å². The normalized spacial score (nSPS) is 15.0. The molecule has 6 nitrogen and oxygen atoms in total. The van der Waals surface area contributed by atoms with Crippen molar-refractivity contribution in [3.05, 3.63) is 59.7 Å². The maximum absolute atomic E-state index is 12.8. The number of amides is 2. The van der Waals surface area contributed by atoms with Crippen molar-refractivity contribution in [2.75, 3.05) is 24.2 Å². The fourth-order valence-electron chi connectivity index (χ4n) is 3.87. The monoisotopic (exact) mass is 404 g/mol. The Hall–Kier alpha value is -3.33. The Bertz CT molecular complexity index is 943. The predicted molar refractivity (Wildman–Crippen MR) is 118 cm³/mol. The van der Waals surface area contributed by atoms with E-state index in [2.05, 4.69) is 16.7 Å². The first-order valence-corrected chi connectivity index (χ1v) is 10.3. The second kappa shape index (κ2) is 9.45. The number of anilines is 2. The van der Waals surface area contributed by atoms with Crippen molar-refractivity contribution in [2.24, 2.45) is 0 Å². The number of carbonyl (C=O) groups is 2. The Labute approximate surface area is 177 Å². The number of nitriles is 1. The summed E-state index contributed by atoms with van der Waals surface area (Å²) in [7, 11) is 1.72. The van der Waals surface area contributed by atoms with Gasteiger partial charge in [0.1, 0.15) is 5.54 Å². The Morgan fingerprint density at radius 3 is 2.47 bits per heavy atom. The van der Waals surface area contributed by atoms with Crippen molar-refractivity contribution < 1.29 is 9.59 Å². The molecule has 0 aliphatic heterocycles. The van der Waals surface area contributed by atoms with Crippen LogP contribution in [0, 0.1) is 18.3 Å². The highest BCUT2D eigenvalue weighted by molar-refractivity contribution is 6.05. The minimum Gasteiger partial charge on any atom is -0.376 e. The van der Waals surface area contributed by atoms with E-state index in [4.69, 9.17) is 0 Å². The Balaban J connectivity index is 1.66. The van der Waals surface area contributed by atoms with Gasteiger partial charge in [-0.2, -0.15) is 5.26 Å². The lowest BCUT2D eigenvalue weighted by molar-refractivity contribution is -0.132. The van der Waals surface area contributed by atoms with E-state index in [1.807, 2.05) is 43.3 Å². The van der Waals surface area contributed by atoms with Gasteiger partial charge in [0.25, 0.3) is 5.91 Å². The number of aryl methyl sites for hydroxylation is 1. The number of benzene rings is 2. The number of nitrogens with zero attached hydrogens (tertiary/aromatic N) is 2.